The maximum Gasteiger partial charge on any atom is 0.271 e. The molecule has 0 aliphatic heterocycles. The summed E-state index contributed by atoms with van der Waals surface area (Å²) in [5.74, 6) is 0.336. The highest BCUT2D eigenvalue weighted by molar-refractivity contribution is 7.15. The summed E-state index contributed by atoms with van der Waals surface area (Å²) in [7, 11) is 0. The number of thiazole rings is 1. The number of fused-ring (bicyclic) bond motifs is 1. The average Bonchev–Trinajstić information content (AvgIpc) is 3.07. The van der Waals surface area contributed by atoms with E-state index in [-0.39, 0.29) is 5.91 Å². The van der Waals surface area contributed by atoms with Gasteiger partial charge in [0.1, 0.15) is 5.69 Å². The van der Waals surface area contributed by atoms with Crippen LogP contribution in [0.15, 0.2) is 36.1 Å². The predicted molar refractivity (Wildman–Crippen MR) is 79.6 cm³/mol. The van der Waals surface area contributed by atoms with E-state index in [1.807, 2.05) is 35.0 Å². The minimum absolute atomic E-state index is 0.211. The second-order valence-electron chi connectivity index (χ2n) is 4.30. The van der Waals surface area contributed by atoms with Crippen LogP contribution in [-0.2, 0) is 6.54 Å². The highest BCUT2D eigenvalue weighted by Crippen LogP contribution is 2.15. The summed E-state index contributed by atoms with van der Waals surface area (Å²) < 4.78 is 7.26. The molecule has 3 aromatic heterocycles. The number of carbonyl (C=O) groups is 1. The van der Waals surface area contributed by atoms with Crippen LogP contribution in [0, 0.1) is 0 Å². The van der Waals surface area contributed by atoms with Gasteiger partial charge in [-0.2, -0.15) is 0 Å². The first-order valence-corrected chi connectivity index (χ1v) is 7.43. The Kier molecular flexibility index (Phi) is 3.83. The second kappa shape index (κ2) is 5.92. The van der Waals surface area contributed by atoms with Gasteiger partial charge in [0, 0.05) is 36.1 Å². The van der Waals surface area contributed by atoms with Gasteiger partial charge in [-0.3, -0.25) is 9.20 Å². The van der Waals surface area contributed by atoms with Crippen molar-refractivity contribution in [2.45, 2.75) is 13.5 Å². The van der Waals surface area contributed by atoms with E-state index in [0.717, 1.165) is 10.5 Å². The Morgan fingerprint density at radius 1 is 1.52 bits per heavy atom. The van der Waals surface area contributed by atoms with E-state index in [1.54, 1.807) is 12.4 Å². The summed E-state index contributed by atoms with van der Waals surface area (Å²) in [5.41, 5.74) is 1.25. The third kappa shape index (κ3) is 2.87. The van der Waals surface area contributed by atoms with Crippen molar-refractivity contribution < 1.29 is 9.53 Å². The third-order valence-electron chi connectivity index (χ3n) is 2.90. The van der Waals surface area contributed by atoms with Gasteiger partial charge in [-0.15, -0.1) is 11.3 Å². The largest absolute Gasteiger partial charge is 0.478 e. The molecule has 108 valence electrons. The Morgan fingerprint density at radius 3 is 3.24 bits per heavy atom. The number of hydrogen-bond donors (Lipinski definition) is 1. The smallest absolute Gasteiger partial charge is 0.271 e. The van der Waals surface area contributed by atoms with Crippen LogP contribution in [0.5, 0.6) is 5.88 Å². The second-order valence-corrected chi connectivity index (χ2v) is 5.18. The van der Waals surface area contributed by atoms with Gasteiger partial charge in [-0.05, 0) is 13.0 Å². The number of amides is 1. The molecule has 21 heavy (non-hydrogen) atoms. The molecule has 0 spiro atoms. The molecule has 0 aliphatic rings. The average molecular weight is 302 g/mol. The molecule has 0 saturated heterocycles. The molecule has 6 nitrogen and oxygen atoms in total. The first kappa shape index (κ1) is 13.6. The highest BCUT2D eigenvalue weighted by Gasteiger charge is 2.12. The van der Waals surface area contributed by atoms with Crippen LogP contribution in [0.3, 0.4) is 0 Å². The maximum atomic E-state index is 12.1. The number of nitrogens with one attached hydrogen (secondary N) is 1. The first-order chi connectivity index (χ1) is 10.3. The number of imidazole rings is 1. The van der Waals surface area contributed by atoms with Crippen LogP contribution in [0.25, 0.3) is 4.96 Å². The number of hydrogen-bond acceptors (Lipinski definition) is 5. The van der Waals surface area contributed by atoms with Crippen LogP contribution in [0.4, 0.5) is 0 Å². The van der Waals surface area contributed by atoms with Crippen molar-refractivity contribution >= 4 is 22.2 Å². The lowest BCUT2D eigenvalue weighted by molar-refractivity contribution is 0.0946. The normalized spacial score (nSPS) is 10.7. The molecule has 0 atom stereocenters. The Morgan fingerprint density at radius 2 is 2.43 bits per heavy atom. The fourth-order valence-electron chi connectivity index (χ4n) is 1.93. The first-order valence-electron chi connectivity index (χ1n) is 6.55. The van der Waals surface area contributed by atoms with Gasteiger partial charge in [0.2, 0.25) is 5.88 Å². The molecular weight excluding hydrogens is 288 g/mol. The monoisotopic (exact) mass is 302 g/mol. The van der Waals surface area contributed by atoms with Crippen LogP contribution in [0.2, 0.25) is 0 Å². The molecule has 3 aromatic rings. The van der Waals surface area contributed by atoms with Gasteiger partial charge >= 0.3 is 0 Å². The summed E-state index contributed by atoms with van der Waals surface area (Å²) in [6.45, 7) is 2.79. The standard InChI is InChI=1S/C14H14N4O2S/c1-2-20-13-10(4-3-5-15-13)8-16-12(19)11-9-18-6-7-21-14(18)17-11/h3-7,9H,2,8H2,1H3,(H,16,19). The third-order valence-corrected chi connectivity index (χ3v) is 3.67. The van der Waals surface area contributed by atoms with E-state index in [1.165, 1.54) is 11.3 Å². The lowest BCUT2D eigenvalue weighted by atomic mass is 10.2. The molecule has 0 unspecified atom stereocenters. The van der Waals surface area contributed by atoms with Crippen molar-refractivity contribution in [2.75, 3.05) is 6.61 Å². The van der Waals surface area contributed by atoms with Crippen LogP contribution in [0.1, 0.15) is 23.0 Å². The number of pyridine rings is 1. The van der Waals surface area contributed by atoms with E-state index in [0.29, 0.717) is 24.7 Å². The molecule has 0 aliphatic carbocycles. The van der Waals surface area contributed by atoms with Crippen molar-refractivity contribution in [1.29, 1.82) is 0 Å². The van der Waals surface area contributed by atoms with E-state index in [4.69, 9.17) is 4.74 Å². The van der Waals surface area contributed by atoms with Crippen molar-refractivity contribution in [3.05, 3.63) is 47.4 Å². The molecule has 0 saturated carbocycles. The predicted octanol–water partition coefficient (Wildman–Crippen LogP) is 2.12. The number of rotatable bonds is 5. The van der Waals surface area contributed by atoms with Crippen LogP contribution >= 0.6 is 11.3 Å². The molecule has 0 fully saturated rings. The van der Waals surface area contributed by atoms with Crippen molar-refractivity contribution in [3.8, 4) is 5.88 Å². The summed E-state index contributed by atoms with van der Waals surface area (Å²) >= 11 is 1.49. The fraction of sp³-hybridized carbons (Fsp3) is 0.214. The topological polar surface area (TPSA) is 68.5 Å². The van der Waals surface area contributed by atoms with Gasteiger partial charge in [0.15, 0.2) is 4.96 Å². The van der Waals surface area contributed by atoms with E-state index in [9.17, 15) is 4.79 Å². The molecule has 1 amide bonds. The summed E-state index contributed by atoms with van der Waals surface area (Å²) in [6.07, 6.45) is 5.26. The number of aromatic nitrogens is 3. The SMILES string of the molecule is CCOc1ncccc1CNC(=O)c1cn2ccsc2n1. The summed E-state index contributed by atoms with van der Waals surface area (Å²) in [6, 6.07) is 3.70. The number of carbonyl (C=O) groups excluding carboxylic acids is 1. The molecular formula is C14H14N4O2S. The highest BCUT2D eigenvalue weighted by atomic mass is 32.1. The van der Waals surface area contributed by atoms with E-state index in [2.05, 4.69) is 15.3 Å². The van der Waals surface area contributed by atoms with Crippen molar-refractivity contribution in [2.24, 2.45) is 0 Å². The summed E-state index contributed by atoms with van der Waals surface area (Å²) in [5, 5.41) is 4.76. The molecule has 0 aromatic carbocycles. The molecule has 3 heterocycles. The molecule has 0 bridgehead atoms. The lowest BCUT2D eigenvalue weighted by Crippen LogP contribution is -2.23. The van der Waals surface area contributed by atoms with Gasteiger partial charge in [-0.25, -0.2) is 9.97 Å². The Balaban J connectivity index is 1.69. The quantitative estimate of drug-likeness (QED) is 0.784. The maximum absolute atomic E-state index is 12.1. The van der Waals surface area contributed by atoms with Crippen LogP contribution < -0.4 is 10.1 Å². The number of ether oxygens (including phenoxy) is 1. The molecule has 1 N–H and O–H groups in total. The van der Waals surface area contributed by atoms with Crippen LogP contribution in [-0.4, -0.2) is 26.9 Å². The van der Waals surface area contributed by atoms with Crippen molar-refractivity contribution in [1.82, 2.24) is 19.7 Å². The Hall–Kier alpha value is -2.41. The molecule has 0 radical (unpaired) electrons. The number of nitrogens with zero attached hydrogens (tertiary/aromatic N) is 3. The minimum Gasteiger partial charge on any atom is -0.478 e. The zero-order valence-corrected chi connectivity index (χ0v) is 12.3. The Labute approximate surface area is 125 Å². The van der Waals surface area contributed by atoms with E-state index < -0.39 is 0 Å². The minimum atomic E-state index is -0.211. The van der Waals surface area contributed by atoms with Gasteiger partial charge < -0.3 is 10.1 Å². The molecule has 7 heteroatoms. The van der Waals surface area contributed by atoms with Gasteiger partial charge in [0.05, 0.1) is 6.61 Å². The van der Waals surface area contributed by atoms with Crippen molar-refractivity contribution in [3.63, 3.8) is 0 Å². The fourth-order valence-corrected chi connectivity index (χ4v) is 2.63. The lowest BCUT2D eigenvalue weighted by Gasteiger charge is -2.08. The summed E-state index contributed by atoms with van der Waals surface area (Å²) in [4.78, 5) is 21.3. The zero-order chi connectivity index (χ0) is 14.7. The van der Waals surface area contributed by atoms with Gasteiger partial charge in [0.25, 0.3) is 5.91 Å². The molecule has 3 rings (SSSR count). The zero-order valence-electron chi connectivity index (χ0n) is 11.4. The van der Waals surface area contributed by atoms with Gasteiger partial charge in [-0.1, -0.05) is 6.07 Å². The Bertz CT molecular complexity index is 737. The van der Waals surface area contributed by atoms with E-state index >= 15 is 0 Å².